The van der Waals surface area contributed by atoms with Gasteiger partial charge in [0.15, 0.2) is 11.7 Å². The van der Waals surface area contributed by atoms with Crippen molar-refractivity contribution in [2.75, 3.05) is 12.4 Å². The predicted molar refractivity (Wildman–Crippen MR) is 123 cm³/mol. The van der Waals surface area contributed by atoms with Crippen LogP contribution in [0.2, 0.25) is 0 Å². The average Bonchev–Trinajstić information content (AvgIpc) is 3.32. The van der Waals surface area contributed by atoms with Gasteiger partial charge in [-0.3, -0.25) is 4.79 Å². The first-order valence-electron chi connectivity index (χ1n) is 10.4. The quantitative estimate of drug-likeness (QED) is 0.381. The van der Waals surface area contributed by atoms with Gasteiger partial charge in [0.25, 0.3) is 0 Å². The van der Waals surface area contributed by atoms with Crippen LogP contribution in [0.15, 0.2) is 89.5 Å². The molecule has 1 amide bonds. The molecule has 0 bridgehead atoms. The summed E-state index contributed by atoms with van der Waals surface area (Å²) in [5.74, 6) is 2.55. The minimum absolute atomic E-state index is 0.107. The maximum Gasteiger partial charge on any atom is 0.224 e. The van der Waals surface area contributed by atoms with Crippen molar-refractivity contribution in [2.45, 2.75) is 19.4 Å². The first-order valence-corrected chi connectivity index (χ1v) is 10.4. The van der Waals surface area contributed by atoms with Gasteiger partial charge < -0.3 is 19.2 Å². The molecule has 1 heterocycles. The second-order valence-electron chi connectivity index (χ2n) is 7.20. The molecule has 162 valence electrons. The molecule has 0 saturated carbocycles. The number of aromatic nitrogens is 1. The molecule has 0 unspecified atom stereocenters. The van der Waals surface area contributed by atoms with Crippen LogP contribution in [-0.4, -0.2) is 18.0 Å². The second kappa shape index (κ2) is 10.3. The molecular weight excluding hydrogens is 404 g/mol. The monoisotopic (exact) mass is 428 g/mol. The van der Waals surface area contributed by atoms with E-state index in [2.05, 4.69) is 10.3 Å². The molecule has 3 aromatic carbocycles. The molecule has 4 rings (SSSR count). The highest BCUT2D eigenvalue weighted by atomic mass is 16.5. The first kappa shape index (κ1) is 21.2. The van der Waals surface area contributed by atoms with E-state index in [4.69, 9.17) is 13.9 Å². The molecule has 0 saturated heterocycles. The van der Waals surface area contributed by atoms with E-state index in [0.29, 0.717) is 30.4 Å². The molecule has 0 fully saturated rings. The molecule has 1 aromatic heterocycles. The second-order valence-corrected chi connectivity index (χ2v) is 7.20. The van der Waals surface area contributed by atoms with E-state index in [1.165, 1.54) is 0 Å². The van der Waals surface area contributed by atoms with Crippen LogP contribution in [0.5, 0.6) is 11.5 Å². The fraction of sp³-hybridized carbons (Fsp3) is 0.154. The van der Waals surface area contributed by atoms with Crippen molar-refractivity contribution < 1.29 is 18.7 Å². The number of nitrogens with zero attached hydrogens (tertiary/aromatic N) is 1. The Bertz CT molecular complexity index is 1150. The summed E-state index contributed by atoms with van der Waals surface area (Å²) in [6.07, 6.45) is 2.34. The number of benzene rings is 3. The van der Waals surface area contributed by atoms with Gasteiger partial charge in [0.05, 0.1) is 13.3 Å². The zero-order valence-corrected chi connectivity index (χ0v) is 17.8. The highest BCUT2D eigenvalue weighted by Crippen LogP contribution is 2.25. The fourth-order valence-electron chi connectivity index (χ4n) is 3.15. The van der Waals surface area contributed by atoms with Gasteiger partial charge in [-0.15, -0.1) is 0 Å². The van der Waals surface area contributed by atoms with Crippen LogP contribution in [0.25, 0.3) is 11.3 Å². The Labute approximate surface area is 186 Å². The number of hydrogen-bond donors (Lipinski definition) is 1. The molecule has 6 nitrogen and oxygen atoms in total. The highest BCUT2D eigenvalue weighted by Gasteiger charge is 2.10. The number of oxazole rings is 1. The van der Waals surface area contributed by atoms with Gasteiger partial charge >= 0.3 is 0 Å². The standard InChI is InChI=1S/C26H24N2O4/c1-30-23-9-5-8-20(16-23)24-17-27-26(32-24)15-14-25(29)28-21-10-12-22(13-11-21)31-18-19-6-3-2-4-7-19/h2-13,16-17H,14-15,18H2,1H3,(H,28,29). The Morgan fingerprint density at radius 1 is 0.969 bits per heavy atom. The van der Waals surface area contributed by atoms with Crippen molar-refractivity contribution in [3.63, 3.8) is 0 Å². The van der Waals surface area contributed by atoms with Crippen LogP contribution in [0.1, 0.15) is 17.9 Å². The smallest absolute Gasteiger partial charge is 0.224 e. The zero-order chi connectivity index (χ0) is 22.2. The fourth-order valence-corrected chi connectivity index (χ4v) is 3.15. The van der Waals surface area contributed by atoms with E-state index in [1.54, 1.807) is 13.3 Å². The number of nitrogens with one attached hydrogen (secondary N) is 1. The summed E-state index contributed by atoms with van der Waals surface area (Å²) in [5.41, 5.74) is 2.69. The number of rotatable bonds is 9. The largest absolute Gasteiger partial charge is 0.497 e. The van der Waals surface area contributed by atoms with Gasteiger partial charge in [-0.1, -0.05) is 42.5 Å². The van der Waals surface area contributed by atoms with Crippen LogP contribution in [-0.2, 0) is 17.8 Å². The summed E-state index contributed by atoms with van der Waals surface area (Å²) in [6.45, 7) is 0.500. The predicted octanol–water partition coefficient (Wildman–Crippen LogP) is 5.50. The number of anilines is 1. The van der Waals surface area contributed by atoms with E-state index in [9.17, 15) is 4.79 Å². The van der Waals surface area contributed by atoms with Gasteiger partial charge in [0.1, 0.15) is 18.1 Å². The lowest BCUT2D eigenvalue weighted by Gasteiger charge is -2.08. The van der Waals surface area contributed by atoms with Gasteiger partial charge in [0.2, 0.25) is 5.91 Å². The number of amides is 1. The summed E-state index contributed by atoms with van der Waals surface area (Å²) in [4.78, 5) is 16.6. The van der Waals surface area contributed by atoms with Crippen molar-refractivity contribution in [1.29, 1.82) is 0 Å². The zero-order valence-electron chi connectivity index (χ0n) is 17.8. The third kappa shape index (κ3) is 5.76. The maximum atomic E-state index is 12.3. The van der Waals surface area contributed by atoms with Crippen LogP contribution >= 0.6 is 0 Å². The number of carbonyl (C=O) groups is 1. The summed E-state index contributed by atoms with van der Waals surface area (Å²) in [7, 11) is 1.62. The van der Waals surface area contributed by atoms with E-state index in [0.717, 1.165) is 22.6 Å². The van der Waals surface area contributed by atoms with Crippen molar-refractivity contribution in [2.24, 2.45) is 0 Å². The van der Waals surface area contributed by atoms with Crippen LogP contribution in [0.4, 0.5) is 5.69 Å². The summed E-state index contributed by atoms with van der Waals surface area (Å²) >= 11 is 0. The van der Waals surface area contributed by atoms with E-state index in [1.807, 2.05) is 78.9 Å². The van der Waals surface area contributed by atoms with Gasteiger partial charge in [0, 0.05) is 24.1 Å². The van der Waals surface area contributed by atoms with Crippen LogP contribution in [0.3, 0.4) is 0 Å². The number of aryl methyl sites for hydroxylation is 1. The van der Waals surface area contributed by atoms with Gasteiger partial charge in [-0.2, -0.15) is 0 Å². The van der Waals surface area contributed by atoms with Crippen molar-refractivity contribution >= 4 is 11.6 Å². The molecule has 0 atom stereocenters. The third-order valence-electron chi connectivity index (χ3n) is 4.86. The molecule has 6 heteroatoms. The number of ether oxygens (including phenoxy) is 2. The Morgan fingerprint density at radius 3 is 2.56 bits per heavy atom. The minimum Gasteiger partial charge on any atom is -0.497 e. The average molecular weight is 428 g/mol. The van der Waals surface area contributed by atoms with Gasteiger partial charge in [-0.25, -0.2) is 4.98 Å². The lowest BCUT2D eigenvalue weighted by molar-refractivity contribution is -0.116. The van der Waals surface area contributed by atoms with Gasteiger partial charge in [-0.05, 0) is 42.0 Å². The molecule has 4 aromatic rings. The SMILES string of the molecule is COc1cccc(-c2cnc(CCC(=O)Nc3ccc(OCc4ccccc4)cc3)o2)c1. The lowest BCUT2D eigenvalue weighted by Crippen LogP contribution is -2.12. The third-order valence-corrected chi connectivity index (χ3v) is 4.86. The van der Waals surface area contributed by atoms with E-state index >= 15 is 0 Å². The molecule has 0 aliphatic rings. The molecular formula is C26H24N2O4. The molecule has 0 spiro atoms. The Hall–Kier alpha value is -4.06. The summed E-state index contributed by atoms with van der Waals surface area (Å²) in [5, 5.41) is 2.89. The number of hydrogen-bond acceptors (Lipinski definition) is 5. The molecule has 0 aliphatic heterocycles. The minimum atomic E-state index is -0.107. The molecule has 0 aliphatic carbocycles. The van der Waals surface area contributed by atoms with Crippen LogP contribution < -0.4 is 14.8 Å². The van der Waals surface area contributed by atoms with Crippen molar-refractivity contribution in [1.82, 2.24) is 4.98 Å². The number of carbonyl (C=O) groups excluding carboxylic acids is 1. The molecule has 1 N–H and O–H groups in total. The van der Waals surface area contributed by atoms with E-state index < -0.39 is 0 Å². The van der Waals surface area contributed by atoms with E-state index in [-0.39, 0.29) is 12.3 Å². The maximum absolute atomic E-state index is 12.3. The summed E-state index contributed by atoms with van der Waals surface area (Å²) in [6, 6.07) is 24.9. The lowest BCUT2D eigenvalue weighted by atomic mass is 10.2. The summed E-state index contributed by atoms with van der Waals surface area (Å²) < 4.78 is 16.8. The first-order chi connectivity index (χ1) is 15.7. The highest BCUT2D eigenvalue weighted by molar-refractivity contribution is 5.90. The number of methoxy groups -OCH3 is 1. The Balaban J connectivity index is 1.25. The topological polar surface area (TPSA) is 73.6 Å². The Morgan fingerprint density at radius 2 is 1.78 bits per heavy atom. The van der Waals surface area contributed by atoms with Crippen molar-refractivity contribution in [3.05, 3.63) is 96.5 Å². The molecule has 32 heavy (non-hydrogen) atoms. The van der Waals surface area contributed by atoms with Crippen molar-refractivity contribution in [3.8, 4) is 22.8 Å². The molecule has 0 radical (unpaired) electrons. The van der Waals surface area contributed by atoms with Crippen LogP contribution in [0, 0.1) is 0 Å². The normalized spacial score (nSPS) is 10.5. The Kier molecular flexibility index (Phi) is 6.82.